The van der Waals surface area contributed by atoms with Gasteiger partial charge in [0.05, 0.1) is 18.3 Å². The molecule has 0 spiro atoms. The number of likely N-dealkylation sites (tertiary alicyclic amines) is 1. The first-order valence-electron chi connectivity index (χ1n) is 16.1. The summed E-state index contributed by atoms with van der Waals surface area (Å²) in [4.78, 5) is 50.5. The second-order valence-corrected chi connectivity index (χ2v) is 13.1. The van der Waals surface area contributed by atoms with Crippen molar-refractivity contribution in [3.8, 4) is 28.5 Å². The van der Waals surface area contributed by atoms with Crippen LogP contribution in [0.15, 0.2) is 55.0 Å². The average Bonchev–Trinajstić information content (AvgIpc) is 3.86. The van der Waals surface area contributed by atoms with E-state index in [1.807, 2.05) is 46.5 Å². The molecule has 0 unspecified atom stereocenters. The molecule has 50 heavy (non-hydrogen) atoms. The molecule has 2 fully saturated rings. The average molecular weight is 697 g/mol. The Labute approximate surface area is 290 Å². The van der Waals surface area contributed by atoms with Crippen molar-refractivity contribution < 1.29 is 24.2 Å². The Morgan fingerprint density at radius 2 is 1.74 bits per heavy atom. The molecule has 2 aliphatic heterocycles. The Morgan fingerprint density at radius 1 is 1.04 bits per heavy atom. The van der Waals surface area contributed by atoms with Gasteiger partial charge < -0.3 is 24.9 Å². The highest BCUT2D eigenvalue weighted by Crippen LogP contribution is 2.37. The summed E-state index contributed by atoms with van der Waals surface area (Å²) >= 11 is 1.25. The van der Waals surface area contributed by atoms with Crippen LogP contribution in [0.2, 0.25) is 0 Å². The van der Waals surface area contributed by atoms with Gasteiger partial charge in [-0.2, -0.15) is 5.26 Å². The number of carbonyl (C=O) groups is 2. The van der Waals surface area contributed by atoms with Crippen molar-refractivity contribution in [3.63, 3.8) is 0 Å². The van der Waals surface area contributed by atoms with E-state index >= 15 is 0 Å². The summed E-state index contributed by atoms with van der Waals surface area (Å²) in [5, 5.41) is 29.8. The number of halogens is 1. The van der Waals surface area contributed by atoms with Crippen LogP contribution in [-0.2, 0) is 11.2 Å². The largest absolute Gasteiger partial charge is 0.465 e. The lowest BCUT2D eigenvalue weighted by Gasteiger charge is -2.36. The first-order valence-corrected chi connectivity index (χ1v) is 16.9. The summed E-state index contributed by atoms with van der Waals surface area (Å²) in [5.41, 5.74) is 4.40. The molecular formula is C34H33FN10O4S. The quantitative estimate of drug-likeness (QED) is 0.252. The third-order valence-corrected chi connectivity index (χ3v) is 10.1. The van der Waals surface area contributed by atoms with Crippen LogP contribution < -0.4 is 9.80 Å². The molecule has 2 aliphatic rings. The Balaban J connectivity index is 1.09. The van der Waals surface area contributed by atoms with E-state index in [2.05, 4.69) is 16.0 Å². The number of β-amino-alcohol motifs (C(OH)–C–C–N with tert-alkyl or cyclic N) is 1. The standard InChI is InChI=1S/C34H33FN10O4S/c1-3-25-30(41(2)33-40-29(27(15-36)50-33)20-4-7-23(35)8-5-20)45-18-21(6-9-28(45)39-25)22-16-37-32(38-17-22)43-12-10-42(11-13-43)31(47)26-14-24(46)19-44(26)34(48)49/h4-9,16-18,24,26,46H,3,10-14,19H2,1-2H3,(H,48,49)/t24-,26-/m1/s1. The zero-order chi connectivity index (χ0) is 35.1. The number of aliphatic hydroxyl groups is 1. The predicted octanol–water partition coefficient (Wildman–Crippen LogP) is 4.02. The van der Waals surface area contributed by atoms with Gasteiger partial charge in [0.2, 0.25) is 11.9 Å². The van der Waals surface area contributed by atoms with Crippen molar-refractivity contribution in [2.45, 2.75) is 31.9 Å². The molecule has 0 bridgehead atoms. The van der Waals surface area contributed by atoms with Gasteiger partial charge in [-0.3, -0.25) is 14.1 Å². The zero-order valence-electron chi connectivity index (χ0n) is 27.3. The first kappa shape index (κ1) is 32.9. The van der Waals surface area contributed by atoms with Crippen molar-refractivity contribution in [3.05, 3.63) is 71.4 Å². The Hall–Kier alpha value is -5.66. The van der Waals surface area contributed by atoms with E-state index in [-0.39, 0.29) is 24.7 Å². The number of nitrogens with zero attached hydrogens (tertiary/aromatic N) is 10. The fraction of sp³-hybridized carbons (Fsp3) is 0.324. The van der Waals surface area contributed by atoms with Gasteiger partial charge in [0, 0.05) is 74.9 Å². The maximum atomic E-state index is 13.6. The summed E-state index contributed by atoms with van der Waals surface area (Å²) in [5.74, 6) is 0.673. The van der Waals surface area contributed by atoms with E-state index in [9.17, 15) is 29.5 Å². The molecule has 6 heterocycles. The Morgan fingerprint density at radius 3 is 2.40 bits per heavy atom. The fourth-order valence-electron chi connectivity index (χ4n) is 6.50. The highest BCUT2D eigenvalue weighted by Gasteiger charge is 2.41. The molecule has 2 atom stereocenters. The van der Waals surface area contributed by atoms with Gasteiger partial charge in [-0.05, 0) is 42.8 Å². The lowest BCUT2D eigenvalue weighted by atomic mass is 10.1. The number of aliphatic hydroxyl groups excluding tert-OH is 1. The minimum Gasteiger partial charge on any atom is -0.465 e. The maximum absolute atomic E-state index is 13.6. The summed E-state index contributed by atoms with van der Waals surface area (Å²) in [6, 6.07) is 11.2. The van der Waals surface area contributed by atoms with E-state index in [0.717, 1.165) is 33.2 Å². The number of hydrogen-bond donors (Lipinski definition) is 2. The van der Waals surface area contributed by atoms with E-state index in [0.29, 0.717) is 59.8 Å². The highest BCUT2D eigenvalue weighted by molar-refractivity contribution is 7.16. The van der Waals surface area contributed by atoms with Crippen molar-refractivity contribution in [2.75, 3.05) is 49.6 Å². The highest BCUT2D eigenvalue weighted by atomic mass is 32.1. The first-order chi connectivity index (χ1) is 24.1. The summed E-state index contributed by atoms with van der Waals surface area (Å²) in [6.45, 7) is 3.70. The van der Waals surface area contributed by atoms with Gasteiger partial charge in [0.25, 0.3) is 0 Å². The number of rotatable bonds is 7. The fourth-order valence-corrected chi connectivity index (χ4v) is 7.35. The van der Waals surface area contributed by atoms with Crippen molar-refractivity contribution in [1.29, 1.82) is 5.26 Å². The van der Waals surface area contributed by atoms with Gasteiger partial charge in [-0.1, -0.05) is 18.3 Å². The number of aromatic nitrogens is 5. The number of hydrogen-bond acceptors (Lipinski definition) is 11. The van der Waals surface area contributed by atoms with Crippen LogP contribution in [0.5, 0.6) is 0 Å². The normalized spacial score (nSPS) is 17.7. The third kappa shape index (κ3) is 6.05. The van der Waals surface area contributed by atoms with Crippen molar-refractivity contribution in [1.82, 2.24) is 34.1 Å². The second kappa shape index (κ2) is 13.3. The number of carboxylic acid groups (broad SMARTS) is 1. The summed E-state index contributed by atoms with van der Waals surface area (Å²) in [7, 11) is 1.88. The number of anilines is 3. The molecule has 2 saturated heterocycles. The topological polar surface area (TPSA) is 167 Å². The lowest BCUT2D eigenvalue weighted by molar-refractivity contribution is -0.135. The number of aryl methyl sites for hydroxylation is 1. The number of fused-ring (bicyclic) bond motifs is 1. The van der Waals surface area contributed by atoms with Gasteiger partial charge in [-0.25, -0.2) is 29.1 Å². The molecular weight excluding hydrogens is 664 g/mol. The SMILES string of the molecule is CCc1nc2ccc(-c3cnc(N4CCN(C(=O)[C@H]5C[C@@H](O)CN5C(=O)O)CC4)nc3)cn2c1N(C)c1nc(-c2ccc(F)cc2)c(C#N)s1. The predicted molar refractivity (Wildman–Crippen MR) is 184 cm³/mol. The van der Waals surface area contributed by atoms with Crippen LogP contribution in [0, 0.1) is 17.1 Å². The number of pyridine rings is 1. The summed E-state index contributed by atoms with van der Waals surface area (Å²) < 4.78 is 15.6. The number of imidazole rings is 1. The van der Waals surface area contributed by atoms with Crippen molar-refractivity contribution >= 4 is 45.9 Å². The molecule has 0 radical (unpaired) electrons. The van der Waals surface area contributed by atoms with Crippen LogP contribution in [0.3, 0.4) is 0 Å². The molecule has 7 rings (SSSR count). The van der Waals surface area contributed by atoms with Gasteiger partial charge in [-0.15, -0.1) is 0 Å². The van der Waals surface area contributed by atoms with E-state index in [1.54, 1.807) is 29.4 Å². The third-order valence-electron chi connectivity index (χ3n) is 9.09. The monoisotopic (exact) mass is 696 g/mol. The molecule has 256 valence electrons. The molecule has 4 aromatic heterocycles. The van der Waals surface area contributed by atoms with Crippen LogP contribution >= 0.6 is 11.3 Å². The van der Waals surface area contributed by atoms with E-state index in [1.165, 1.54) is 23.5 Å². The number of thiazole rings is 1. The van der Waals surface area contributed by atoms with Crippen LogP contribution in [0.25, 0.3) is 28.0 Å². The number of nitriles is 1. The number of carbonyl (C=O) groups excluding carboxylic acids is 1. The van der Waals surface area contributed by atoms with Gasteiger partial charge in [0.15, 0.2) is 5.13 Å². The number of amides is 2. The molecule has 2 N–H and O–H groups in total. The maximum Gasteiger partial charge on any atom is 0.408 e. The number of benzene rings is 1. The van der Waals surface area contributed by atoms with E-state index in [4.69, 9.17) is 9.97 Å². The minimum atomic E-state index is -1.21. The minimum absolute atomic E-state index is 0.0633. The summed E-state index contributed by atoms with van der Waals surface area (Å²) in [6.07, 6.45) is 4.18. The van der Waals surface area contributed by atoms with Crippen molar-refractivity contribution in [2.24, 2.45) is 0 Å². The smallest absolute Gasteiger partial charge is 0.408 e. The van der Waals surface area contributed by atoms with E-state index < -0.39 is 18.2 Å². The molecule has 5 aromatic rings. The zero-order valence-corrected chi connectivity index (χ0v) is 28.1. The Bertz CT molecular complexity index is 2110. The van der Waals surface area contributed by atoms with Gasteiger partial charge >= 0.3 is 6.09 Å². The molecule has 0 saturated carbocycles. The Kier molecular flexibility index (Phi) is 8.76. The van der Waals surface area contributed by atoms with Crippen LogP contribution in [0.4, 0.5) is 26.1 Å². The molecule has 2 amide bonds. The van der Waals surface area contributed by atoms with Gasteiger partial charge in [0.1, 0.15) is 40.0 Å². The number of piperazine rings is 1. The molecule has 1 aromatic carbocycles. The van der Waals surface area contributed by atoms with Crippen LogP contribution in [-0.4, -0.2) is 108 Å². The second-order valence-electron chi connectivity index (χ2n) is 12.2. The van der Waals surface area contributed by atoms with Crippen LogP contribution in [0.1, 0.15) is 23.9 Å². The molecule has 14 nitrogen and oxygen atoms in total. The molecule has 0 aliphatic carbocycles. The molecule has 16 heteroatoms. The lowest BCUT2D eigenvalue weighted by Crippen LogP contribution is -2.54.